The fourth-order valence-electron chi connectivity index (χ4n) is 3.30. The zero-order valence-electron chi connectivity index (χ0n) is 15.3. The number of aromatic nitrogens is 1. The lowest BCUT2D eigenvalue weighted by Crippen LogP contribution is -2.29. The second-order valence-electron chi connectivity index (χ2n) is 6.28. The minimum atomic E-state index is -0.921. The van der Waals surface area contributed by atoms with Crippen molar-refractivity contribution >= 4 is 33.9 Å². The van der Waals surface area contributed by atoms with Gasteiger partial charge in [0, 0.05) is 17.1 Å². The average Bonchev–Trinajstić information content (AvgIpc) is 3.36. The molecule has 0 bridgehead atoms. The predicted octanol–water partition coefficient (Wildman–Crippen LogP) is 3.48. The molecular weight excluding hydrogens is 392 g/mol. The quantitative estimate of drug-likeness (QED) is 0.389. The van der Waals surface area contributed by atoms with Crippen molar-refractivity contribution in [2.75, 3.05) is 12.0 Å². The summed E-state index contributed by atoms with van der Waals surface area (Å²) in [5, 5.41) is 22.9. The van der Waals surface area contributed by atoms with Gasteiger partial charge in [0.25, 0.3) is 5.78 Å². The number of benzene rings is 2. The van der Waals surface area contributed by atoms with Crippen molar-refractivity contribution < 1.29 is 24.5 Å². The molecule has 3 aromatic rings. The Labute approximate surface area is 170 Å². The van der Waals surface area contributed by atoms with E-state index >= 15 is 0 Å². The molecule has 1 aliphatic rings. The Bertz CT molecular complexity index is 1110. The van der Waals surface area contributed by atoms with E-state index in [4.69, 9.17) is 4.74 Å². The summed E-state index contributed by atoms with van der Waals surface area (Å²) >= 11 is 1.20. The number of carbonyl (C=O) groups excluding carboxylic acids is 2. The van der Waals surface area contributed by atoms with E-state index in [1.807, 2.05) is 0 Å². The molecule has 0 radical (unpaired) electrons. The summed E-state index contributed by atoms with van der Waals surface area (Å²) in [6.45, 7) is 0. The first kappa shape index (κ1) is 18.7. The highest BCUT2D eigenvalue weighted by Gasteiger charge is 2.48. The molecule has 1 fully saturated rings. The molecule has 8 heteroatoms. The minimum Gasteiger partial charge on any atom is -0.507 e. The maximum absolute atomic E-state index is 12.9. The Balaban J connectivity index is 1.96. The van der Waals surface area contributed by atoms with Crippen molar-refractivity contribution in [1.29, 1.82) is 0 Å². The van der Waals surface area contributed by atoms with Gasteiger partial charge in [0.2, 0.25) is 0 Å². The zero-order chi connectivity index (χ0) is 20.5. The molecule has 0 aliphatic carbocycles. The van der Waals surface area contributed by atoms with Crippen molar-refractivity contribution in [3.63, 3.8) is 0 Å². The fourth-order valence-corrected chi connectivity index (χ4v) is 3.96. The molecule has 0 spiro atoms. The third-order valence-corrected chi connectivity index (χ3v) is 5.41. The molecule has 29 heavy (non-hydrogen) atoms. The van der Waals surface area contributed by atoms with Gasteiger partial charge in [-0.3, -0.25) is 14.5 Å². The summed E-state index contributed by atoms with van der Waals surface area (Å²) in [7, 11) is 1.40. The molecule has 1 unspecified atom stereocenters. The number of aliphatic hydroxyl groups excluding tert-OH is 1. The van der Waals surface area contributed by atoms with E-state index in [0.29, 0.717) is 16.3 Å². The number of hydrogen-bond acceptors (Lipinski definition) is 7. The lowest BCUT2D eigenvalue weighted by Gasteiger charge is -2.23. The number of aliphatic hydroxyl groups is 1. The van der Waals surface area contributed by atoms with Gasteiger partial charge in [-0.15, -0.1) is 11.3 Å². The number of hydrogen-bond donors (Lipinski definition) is 2. The number of nitrogens with zero attached hydrogens (tertiary/aromatic N) is 2. The Morgan fingerprint density at radius 1 is 1.17 bits per heavy atom. The highest BCUT2D eigenvalue weighted by molar-refractivity contribution is 7.14. The van der Waals surface area contributed by atoms with Gasteiger partial charge in [0.15, 0.2) is 16.6 Å². The largest absolute Gasteiger partial charge is 0.507 e. The normalized spacial score (nSPS) is 18.2. The summed E-state index contributed by atoms with van der Waals surface area (Å²) in [6.07, 6.45) is 1.53. The van der Waals surface area contributed by atoms with E-state index < -0.39 is 17.7 Å². The van der Waals surface area contributed by atoms with E-state index in [1.54, 1.807) is 41.8 Å². The van der Waals surface area contributed by atoms with Crippen molar-refractivity contribution in [3.05, 3.63) is 76.8 Å². The molecule has 2 N–H and O–H groups in total. The van der Waals surface area contributed by atoms with Gasteiger partial charge in [-0.25, -0.2) is 4.98 Å². The predicted molar refractivity (Wildman–Crippen MR) is 108 cm³/mol. The third-order valence-electron chi connectivity index (χ3n) is 4.64. The number of aromatic hydroxyl groups is 1. The molecule has 4 rings (SSSR count). The van der Waals surface area contributed by atoms with Crippen molar-refractivity contribution in [3.8, 4) is 11.5 Å². The van der Waals surface area contributed by atoms with Crippen LogP contribution in [0.25, 0.3) is 5.76 Å². The first-order valence-electron chi connectivity index (χ1n) is 8.65. The van der Waals surface area contributed by atoms with Crippen molar-refractivity contribution in [2.24, 2.45) is 0 Å². The van der Waals surface area contributed by atoms with Gasteiger partial charge in [0.05, 0.1) is 18.7 Å². The Hall–Kier alpha value is -3.65. The molecule has 1 aliphatic heterocycles. The van der Waals surface area contributed by atoms with Crippen molar-refractivity contribution in [1.82, 2.24) is 4.98 Å². The average molecular weight is 408 g/mol. The first-order valence-corrected chi connectivity index (χ1v) is 9.53. The first-order chi connectivity index (χ1) is 14.0. The molecule has 1 aromatic heterocycles. The molecule has 7 nitrogen and oxygen atoms in total. The maximum Gasteiger partial charge on any atom is 0.301 e. The topological polar surface area (TPSA) is 100.0 Å². The van der Waals surface area contributed by atoms with Crippen LogP contribution < -0.4 is 9.64 Å². The number of amides is 1. The van der Waals surface area contributed by atoms with Crippen LogP contribution in [0.4, 0.5) is 5.13 Å². The number of thiazole rings is 1. The second kappa shape index (κ2) is 7.40. The third kappa shape index (κ3) is 3.13. The maximum atomic E-state index is 12.9. The number of phenolic OH excluding ortho intramolecular Hbond substituents is 1. The molecule has 0 saturated carbocycles. The standard InChI is InChI=1S/C21H16N2O5S/c1-28-15-11-13(7-8-14(15)24)17-16(18(25)12-5-3-2-4-6-12)19(26)20(27)23(17)21-22-9-10-29-21/h2-11,17,24-25H,1H3. The Kier molecular flexibility index (Phi) is 4.77. The molecule has 146 valence electrons. The van der Waals surface area contributed by atoms with E-state index in [9.17, 15) is 19.8 Å². The SMILES string of the molecule is COc1cc(C2C(=C(O)c3ccccc3)C(=O)C(=O)N2c2nccs2)ccc1O. The van der Waals surface area contributed by atoms with Crippen LogP contribution in [0.5, 0.6) is 11.5 Å². The number of phenols is 1. The Morgan fingerprint density at radius 3 is 2.59 bits per heavy atom. The smallest absolute Gasteiger partial charge is 0.301 e. The van der Waals surface area contributed by atoms with Crippen LogP contribution in [0, 0.1) is 0 Å². The lowest BCUT2D eigenvalue weighted by molar-refractivity contribution is -0.132. The fraction of sp³-hybridized carbons (Fsp3) is 0.0952. The Morgan fingerprint density at radius 2 is 1.93 bits per heavy atom. The van der Waals surface area contributed by atoms with Crippen LogP contribution >= 0.6 is 11.3 Å². The number of methoxy groups -OCH3 is 1. The summed E-state index contributed by atoms with van der Waals surface area (Å²) in [4.78, 5) is 31.2. The van der Waals surface area contributed by atoms with Gasteiger partial charge in [-0.2, -0.15) is 0 Å². The molecule has 1 amide bonds. The summed E-state index contributed by atoms with van der Waals surface area (Å²) in [5.74, 6) is -1.76. The molecular formula is C21H16N2O5S. The highest BCUT2D eigenvalue weighted by Crippen LogP contribution is 2.44. The number of Topliss-reactive ketones (excluding diaryl/α,β-unsaturated/α-hetero) is 1. The molecule has 1 atom stereocenters. The van der Waals surface area contributed by atoms with Crippen LogP contribution in [0.2, 0.25) is 0 Å². The summed E-state index contributed by atoms with van der Waals surface area (Å²) < 4.78 is 5.18. The lowest BCUT2D eigenvalue weighted by atomic mass is 9.95. The van der Waals surface area contributed by atoms with Crippen molar-refractivity contribution in [2.45, 2.75) is 6.04 Å². The van der Waals surface area contributed by atoms with E-state index in [1.165, 1.54) is 41.7 Å². The van der Waals surface area contributed by atoms with Crippen LogP contribution in [0.1, 0.15) is 17.2 Å². The monoisotopic (exact) mass is 408 g/mol. The van der Waals surface area contributed by atoms with E-state index in [0.717, 1.165) is 0 Å². The number of anilines is 1. The zero-order valence-corrected chi connectivity index (χ0v) is 16.1. The number of rotatable bonds is 4. The van der Waals surface area contributed by atoms with Gasteiger partial charge in [-0.05, 0) is 17.7 Å². The van der Waals surface area contributed by atoms with Crippen LogP contribution in [0.15, 0.2) is 65.7 Å². The van der Waals surface area contributed by atoms with E-state index in [-0.39, 0.29) is 22.8 Å². The van der Waals surface area contributed by atoms with Gasteiger partial charge >= 0.3 is 5.91 Å². The highest BCUT2D eigenvalue weighted by atomic mass is 32.1. The van der Waals surface area contributed by atoms with Crippen LogP contribution in [0.3, 0.4) is 0 Å². The number of ketones is 1. The second-order valence-corrected chi connectivity index (χ2v) is 7.15. The van der Waals surface area contributed by atoms with Gasteiger partial charge in [0.1, 0.15) is 5.76 Å². The molecule has 1 saturated heterocycles. The number of carbonyl (C=O) groups is 2. The molecule has 2 aromatic carbocycles. The van der Waals surface area contributed by atoms with Crippen LogP contribution in [-0.2, 0) is 9.59 Å². The summed E-state index contributed by atoms with van der Waals surface area (Å²) in [5.41, 5.74) is 0.857. The van der Waals surface area contributed by atoms with E-state index in [2.05, 4.69) is 4.98 Å². The van der Waals surface area contributed by atoms with Gasteiger partial charge < -0.3 is 14.9 Å². The van der Waals surface area contributed by atoms with Crippen LogP contribution in [-0.4, -0.2) is 34.0 Å². The minimum absolute atomic E-state index is 0.0517. The summed E-state index contributed by atoms with van der Waals surface area (Å²) in [6, 6.07) is 12.1. The molecule has 2 heterocycles. The van der Waals surface area contributed by atoms with Gasteiger partial charge in [-0.1, -0.05) is 36.4 Å². The number of ether oxygens (including phenoxy) is 1.